The molecule has 3 rings (SSSR count). The number of fused-ring (bicyclic) bond motifs is 1. The summed E-state index contributed by atoms with van der Waals surface area (Å²) in [6, 6.07) is 14.8. The fourth-order valence-corrected chi connectivity index (χ4v) is 3.92. The van der Waals surface area contributed by atoms with Gasteiger partial charge < -0.3 is 4.74 Å². The minimum Gasteiger partial charge on any atom is -0.484 e. The first-order valence-corrected chi connectivity index (χ1v) is 9.81. The average molecular weight is 434 g/mol. The molecular weight excluding hydrogens is 418 g/mol. The Hall–Kier alpha value is -2.68. The maximum absolute atomic E-state index is 12.4. The normalized spacial score (nSPS) is 10.4. The van der Waals surface area contributed by atoms with Gasteiger partial charge in [0.05, 0.1) is 5.02 Å². The molecule has 28 heavy (non-hydrogen) atoms. The molecule has 0 saturated carbocycles. The summed E-state index contributed by atoms with van der Waals surface area (Å²) in [5.41, 5.74) is 5.86. The predicted molar refractivity (Wildman–Crippen MR) is 115 cm³/mol. The smallest absolute Gasteiger partial charge is 0.276 e. The Morgan fingerprint density at radius 1 is 1.14 bits per heavy atom. The van der Waals surface area contributed by atoms with Gasteiger partial charge in [0, 0.05) is 10.1 Å². The highest BCUT2D eigenvalue weighted by Crippen LogP contribution is 2.34. The molecule has 6 nitrogen and oxygen atoms in total. The third kappa shape index (κ3) is 4.98. The van der Waals surface area contributed by atoms with E-state index in [4.69, 9.17) is 28.6 Å². The number of thiophene rings is 1. The summed E-state index contributed by atoms with van der Waals surface area (Å²) in [4.78, 5) is 24.6. The number of nitrogens with one attached hydrogen (secondary N) is 3. The molecule has 0 saturated heterocycles. The van der Waals surface area contributed by atoms with Crippen molar-refractivity contribution >= 4 is 62.2 Å². The molecule has 0 radical (unpaired) electrons. The van der Waals surface area contributed by atoms with Gasteiger partial charge in [0.15, 0.2) is 11.7 Å². The largest absolute Gasteiger partial charge is 0.484 e. The molecule has 0 aliphatic carbocycles. The highest BCUT2D eigenvalue weighted by atomic mass is 35.5. The number of thiocarbonyl (C=S) groups is 1. The highest BCUT2D eigenvalue weighted by Gasteiger charge is 2.18. The summed E-state index contributed by atoms with van der Waals surface area (Å²) in [6.07, 6.45) is 0. The van der Waals surface area contributed by atoms with Gasteiger partial charge in [0.25, 0.3) is 11.8 Å². The van der Waals surface area contributed by atoms with Gasteiger partial charge in [-0.1, -0.05) is 41.9 Å². The van der Waals surface area contributed by atoms with E-state index in [0.717, 1.165) is 15.6 Å². The van der Waals surface area contributed by atoms with Crippen LogP contribution in [0.1, 0.15) is 15.2 Å². The summed E-state index contributed by atoms with van der Waals surface area (Å²) in [6.45, 7) is 1.73. The van der Waals surface area contributed by atoms with E-state index in [9.17, 15) is 9.59 Å². The standard InChI is InChI=1S/C19H16ClN3O3S2/c1-11-5-4-6-12(9-11)26-10-15(24)22-23-19(27)21-18(25)17-16(20)13-7-2-3-8-14(13)28-17/h2-9H,10H2,1H3,(H,22,24)(H2,21,23,25,27). The molecular formula is C19H16ClN3O3S2. The van der Waals surface area contributed by atoms with Gasteiger partial charge in [-0.3, -0.25) is 25.8 Å². The van der Waals surface area contributed by atoms with Gasteiger partial charge in [-0.25, -0.2) is 0 Å². The minimum atomic E-state index is -0.450. The van der Waals surface area contributed by atoms with Crippen molar-refractivity contribution in [1.29, 1.82) is 0 Å². The van der Waals surface area contributed by atoms with Gasteiger partial charge in [-0.2, -0.15) is 0 Å². The van der Waals surface area contributed by atoms with E-state index in [1.54, 1.807) is 6.07 Å². The van der Waals surface area contributed by atoms with Gasteiger partial charge >= 0.3 is 0 Å². The number of hydrogen-bond acceptors (Lipinski definition) is 5. The molecule has 0 aliphatic rings. The number of benzene rings is 2. The first kappa shape index (κ1) is 20.1. The number of hydrazine groups is 1. The number of halogens is 1. The van der Waals surface area contributed by atoms with Crippen molar-refractivity contribution < 1.29 is 14.3 Å². The van der Waals surface area contributed by atoms with Crippen molar-refractivity contribution in [1.82, 2.24) is 16.2 Å². The fourth-order valence-electron chi connectivity index (χ4n) is 2.37. The van der Waals surface area contributed by atoms with E-state index < -0.39 is 11.8 Å². The average Bonchev–Trinajstić information content (AvgIpc) is 3.02. The molecule has 0 fully saturated rings. The van der Waals surface area contributed by atoms with E-state index in [1.807, 2.05) is 49.4 Å². The van der Waals surface area contributed by atoms with Crippen molar-refractivity contribution in [2.45, 2.75) is 6.92 Å². The number of rotatable bonds is 4. The Bertz CT molecular complexity index is 1050. The zero-order valence-corrected chi connectivity index (χ0v) is 17.1. The summed E-state index contributed by atoms with van der Waals surface area (Å²) >= 11 is 12.6. The topological polar surface area (TPSA) is 79.5 Å². The van der Waals surface area contributed by atoms with Crippen LogP contribution in [0.2, 0.25) is 5.02 Å². The molecule has 0 atom stereocenters. The van der Waals surface area contributed by atoms with Crippen LogP contribution >= 0.6 is 35.2 Å². The maximum atomic E-state index is 12.4. The Kier molecular flexibility index (Phi) is 6.45. The molecule has 1 aromatic heterocycles. The van der Waals surface area contributed by atoms with E-state index in [1.165, 1.54) is 11.3 Å². The lowest BCUT2D eigenvalue weighted by atomic mass is 10.2. The van der Waals surface area contributed by atoms with Gasteiger partial charge in [-0.05, 0) is 42.9 Å². The van der Waals surface area contributed by atoms with Gasteiger partial charge in [0.1, 0.15) is 10.6 Å². The molecule has 3 N–H and O–H groups in total. The molecule has 0 unspecified atom stereocenters. The van der Waals surface area contributed by atoms with Crippen LogP contribution in [-0.2, 0) is 4.79 Å². The van der Waals surface area contributed by atoms with Gasteiger partial charge in [-0.15, -0.1) is 11.3 Å². The third-order valence-electron chi connectivity index (χ3n) is 3.64. The summed E-state index contributed by atoms with van der Waals surface area (Å²) in [5.74, 6) is -0.308. The first-order valence-electron chi connectivity index (χ1n) is 8.20. The zero-order chi connectivity index (χ0) is 20.1. The van der Waals surface area contributed by atoms with E-state index in [-0.39, 0.29) is 11.7 Å². The maximum Gasteiger partial charge on any atom is 0.276 e. The molecule has 9 heteroatoms. The van der Waals surface area contributed by atoms with Crippen molar-refractivity contribution in [2.75, 3.05) is 6.61 Å². The van der Waals surface area contributed by atoms with Crippen LogP contribution < -0.4 is 20.9 Å². The Balaban J connectivity index is 1.48. The summed E-state index contributed by atoms with van der Waals surface area (Å²) < 4.78 is 6.28. The Labute approximate surface area is 175 Å². The second-order valence-electron chi connectivity index (χ2n) is 5.80. The predicted octanol–water partition coefficient (Wildman–Crippen LogP) is 3.58. The SMILES string of the molecule is Cc1cccc(OCC(=O)NNC(=S)NC(=O)c2sc3ccccc3c2Cl)c1. The van der Waals surface area contributed by atoms with Crippen LogP contribution in [0.3, 0.4) is 0 Å². The van der Waals surface area contributed by atoms with Gasteiger partial charge in [0.2, 0.25) is 0 Å². The van der Waals surface area contributed by atoms with Crippen LogP contribution in [0.25, 0.3) is 10.1 Å². The molecule has 0 bridgehead atoms. The second-order valence-corrected chi connectivity index (χ2v) is 7.64. The van der Waals surface area contributed by atoms with Crippen molar-refractivity contribution in [3.63, 3.8) is 0 Å². The van der Waals surface area contributed by atoms with Crippen molar-refractivity contribution in [3.05, 3.63) is 64.0 Å². The lowest BCUT2D eigenvalue weighted by molar-refractivity contribution is -0.123. The quantitative estimate of drug-likeness (QED) is 0.433. The lowest BCUT2D eigenvalue weighted by Gasteiger charge is -2.11. The molecule has 3 aromatic rings. The number of carbonyl (C=O) groups is 2. The minimum absolute atomic E-state index is 0.0533. The molecule has 2 amide bonds. The highest BCUT2D eigenvalue weighted by molar-refractivity contribution is 7.80. The fraction of sp³-hybridized carbons (Fsp3) is 0.105. The molecule has 0 spiro atoms. The lowest BCUT2D eigenvalue weighted by Crippen LogP contribution is -2.49. The number of carbonyl (C=O) groups excluding carboxylic acids is 2. The summed E-state index contributed by atoms with van der Waals surface area (Å²) in [5, 5.41) is 3.61. The molecule has 2 aromatic carbocycles. The van der Waals surface area contributed by atoms with Crippen molar-refractivity contribution in [3.8, 4) is 5.75 Å². The van der Waals surface area contributed by atoms with Crippen LogP contribution in [0, 0.1) is 6.92 Å². The van der Waals surface area contributed by atoms with E-state index in [0.29, 0.717) is 15.6 Å². The number of ether oxygens (including phenoxy) is 1. The monoisotopic (exact) mass is 433 g/mol. The third-order valence-corrected chi connectivity index (χ3v) is 5.52. The number of amides is 2. The Morgan fingerprint density at radius 3 is 2.68 bits per heavy atom. The first-order chi connectivity index (χ1) is 13.4. The van der Waals surface area contributed by atoms with Crippen LogP contribution in [0.5, 0.6) is 5.75 Å². The zero-order valence-electron chi connectivity index (χ0n) is 14.7. The Morgan fingerprint density at radius 2 is 1.93 bits per heavy atom. The molecule has 0 aliphatic heterocycles. The second kappa shape index (κ2) is 9.01. The van der Waals surface area contributed by atoms with Crippen LogP contribution in [0.15, 0.2) is 48.5 Å². The summed E-state index contributed by atoms with van der Waals surface area (Å²) in [7, 11) is 0. The van der Waals surface area contributed by atoms with Crippen molar-refractivity contribution in [2.24, 2.45) is 0 Å². The van der Waals surface area contributed by atoms with Crippen LogP contribution in [-0.4, -0.2) is 23.5 Å². The number of aryl methyl sites for hydroxylation is 1. The molecule has 1 heterocycles. The number of hydrogen-bond donors (Lipinski definition) is 3. The van der Waals surface area contributed by atoms with Crippen LogP contribution in [0.4, 0.5) is 0 Å². The molecule has 144 valence electrons. The van der Waals surface area contributed by atoms with E-state index >= 15 is 0 Å². The van der Waals surface area contributed by atoms with E-state index in [2.05, 4.69) is 16.2 Å².